The van der Waals surface area contributed by atoms with Crippen molar-refractivity contribution in [1.29, 1.82) is 0 Å². The molecule has 1 amide bonds. The van der Waals surface area contributed by atoms with Crippen LogP contribution in [0.3, 0.4) is 0 Å². The van der Waals surface area contributed by atoms with Crippen molar-refractivity contribution in [3.05, 3.63) is 53.6 Å². The maximum absolute atomic E-state index is 13.1. The van der Waals surface area contributed by atoms with Gasteiger partial charge in [-0.05, 0) is 36.4 Å². The molecule has 0 bridgehead atoms. The summed E-state index contributed by atoms with van der Waals surface area (Å²) in [5, 5.41) is 2.94. The smallest absolute Gasteiger partial charge is 0.257 e. The molecule has 1 aromatic heterocycles. The predicted octanol–water partition coefficient (Wildman–Crippen LogP) is 3.84. The first kappa shape index (κ1) is 14.4. The number of halogens is 2. The standard InChI is InChI=1S/C15H10F2N2O2S/c1-21-9-3-5-12-13(7-9)22-15(18-12)19-14(20)8-2-4-10(16)11(17)6-8/h2-7H,1H3,(H,18,19,20). The zero-order chi connectivity index (χ0) is 15.7. The number of carbonyl (C=O) groups is 1. The van der Waals surface area contributed by atoms with Crippen molar-refractivity contribution in [2.75, 3.05) is 12.4 Å². The topological polar surface area (TPSA) is 51.2 Å². The zero-order valence-corrected chi connectivity index (χ0v) is 12.2. The van der Waals surface area contributed by atoms with E-state index in [1.54, 1.807) is 25.3 Å². The van der Waals surface area contributed by atoms with Crippen LogP contribution < -0.4 is 10.1 Å². The Morgan fingerprint density at radius 3 is 2.73 bits per heavy atom. The molecule has 2 aromatic carbocycles. The number of amides is 1. The van der Waals surface area contributed by atoms with Gasteiger partial charge >= 0.3 is 0 Å². The maximum atomic E-state index is 13.1. The van der Waals surface area contributed by atoms with E-state index < -0.39 is 17.5 Å². The average molecular weight is 320 g/mol. The van der Waals surface area contributed by atoms with Gasteiger partial charge in [-0.2, -0.15) is 0 Å². The average Bonchev–Trinajstić information content (AvgIpc) is 2.90. The fraction of sp³-hybridized carbons (Fsp3) is 0.0667. The summed E-state index contributed by atoms with van der Waals surface area (Å²) < 4.78 is 32.0. The van der Waals surface area contributed by atoms with Crippen molar-refractivity contribution < 1.29 is 18.3 Å². The van der Waals surface area contributed by atoms with Gasteiger partial charge < -0.3 is 4.74 Å². The number of fused-ring (bicyclic) bond motifs is 1. The summed E-state index contributed by atoms with van der Waals surface area (Å²) in [4.78, 5) is 16.3. The van der Waals surface area contributed by atoms with Crippen LogP contribution in [0.2, 0.25) is 0 Å². The number of rotatable bonds is 3. The highest BCUT2D eigenvalue weighted by atomic mass is 32.1. The Morgan fingerprint density at radius 1 is 1.18 bits per heavy atom. The highest BCUT2D eigenvalue weighted by molar-refractivity contribution is 7.22. The Labute approximate surface area is 128 Å². The second-order valence-corrected chi connectivity index (χ2v) is 5.47. The number of ether oxygens (including phenoxy) is 1. The molecule has 3 rings (SSSR count). The first-order valence-electron chi connectivity index (χ1n) is 6.28. The first-order valence-corrected chi connectivity index (χ1v) is 7.09. The lowest BCUT2D eigenvalue weighted by atomic mass is 10.2. The summed E-state index contributed by atoms with van der Waals surface area (Å²) in [7, 11) is 1.56. The van der Waals surface area contributed by atoms with Gasteiger partial charge in [0.25, 0.3) is 5.91 Å². The third kappa shape index (κ3) is 2.75. The third-order valence-corrected chi connectivity index (χ3v) is 3.93. The fourth-order valence-corrected chi connectivity index (χ4v) is 2.78. The molecule has 0 atom stereocenters. The number of hydrogen-bond donors (Lipinski definition) is 1. The number of anilines is 1. The number of methoxy groups -OCH3 is 1. The van der Waals surface area contributed by atoms with Crippen LogP contribution in [0.1, 0.15) is 10.4 Å². The summed E-state index contributed by atoms with van der Waals surface area (Å²) in [6, 6.07) is 8.32. The number of benzene rings is 2. The zero-order valence-electron chi connectivity index (χ0n) is 11.4. The van der Waals surface area contributed by atoms with Gasteiger partial charge in [-0.25, -0.2) is 13.8 Å². The summed E-state index contributed by atoms with van der Waals surface area (Å²) in [6.07, 6.45) is 0. The summed E-state index contributed by atoms with van der Waals surface area (Å²) in [5.41, 5.74) is 0.738. The Bertz CT molecular complexity index is 864. The second kappa shape index (κ2) is 5.69. The van der Waals surface area contributed by atoms with E-state index in [0.29, 0.717) is 16.4 Å². The van der Waals surface area contributed by atoms with Gasteiger partial charge in [0.2, 0.25) is 0 Å². The molecule has 22 heavy (non-hydrogen) atoms. The molecule has 0 saturated carbocycles. The molecule has 0 aliphatic carbocycles. The van der Waals surface area contributed by atoms with Gasteiger partial charge in [0, 0.05) is 5.56 Å². The molecule has 0 radical (unpaired) electrons. The summed E-state index contributed by atoms with van der Waals surface area (Å²) >= 11 is 1.27. The SMILES string of the molecule is COc1ccc2nc(NC(=O)c3ccc(F)c(F)c3)sc2c1. The van der Waals surface area contributed by atoms with Gasteiger partial charge in [0.05, 0.1) is 17.3 Å². The molecule has 7 heteroatoms. The molecular weight excluding hydrogens is 310 g/mol. The molecule has 0 fully saturated rings. The van der Waals surface area contributed by atoms with Crippen molar-refractivity contribution in [3.8, 4) is 5.75 Å². The van der Waals surface area contributed by atoms with Crippen LogP contribution in [0.15, 0.2) is 36.4 Å². The van der Waals surface area contributed by atoms with Crippen LogP contribution in [0.4, 0.5) is 13.9 Å². The minimum Gasteiger partial charge on any atom is -0.497 e. The van der Waals surface area contributed by atoms with Crippen molar-refractivity contribution in [1.82, 2.24) is 4.98 Å². The van der Waals surface area contributed by atoms with Crippen molar-refractivity contribution in [3.63, 3.8) is 0 Å². The first-order chi connectivity index (χ1) is 10.6. The van der Waals surface area contributed by atoms with Crippen LogP contribution in [-0.2, 0) is 0 Å². The van der Waals surface area contributed by atoms with Crippen molar-refractivity contribution in [2.45, 2.75) is 0 Å². The fourth-order valence-electron chi connectivity index (χ4n) is 1.89. The van der Waals surface area contributed by atoms with Crippen LogP contribution >= 0.6 is 11.3 Å². The maximum Gasteiger partial charge on any atom is 0.257 e. The molecule has 0 aliphatic rings. The van der Waals surface area contributed by atoms with E-state index in [2.05, 4.69) is 10.3 Å². The Hall–Kier alpha value is -2.54. The summed E-state index contributed by atoms with van der Waals surface area (Å²) in [5.74, 6) is -1.93. The quantitative estimate of drug-likeness (QED) is 0.798. The molecule has 1 heterocycles. The monoisotopic (exact) mass is 320 g/mol. The molecule has 0 saturated heterocycles. The molecular formula is C15H10F2N2O2S. The normalized spacial score (nSPS) is 10.7. The highest BCUT2D eigenvalue weighted by Crippen LogP contribution is 2.29. The number of nitrogens with zero attached hydrogens (tertiary/aromatic N) is 1. The lowest BCUT2D eigenvalue weighted by Crippen LogP contribution is -2.12. The van der Waals surface area contributed by atoms with Crippen LogP contribution in [-0.4, -0.2) is 18.0 Å². The number of aromatic nitrogens is 1. The highest BCUT2D eigenvalue weighted by Gasteiger charge is 2.12. The molecule has 4 nitrogen and oxygen atoms in total. The second-order valence-electron chi connectivity index (χ2n) is 4.44. The largest absolute Gasteiger partial charge is 0.497 e. The van der Waals surface area contributed by atoms with E-state index in [9.17, 15) is 13.6 Å². The van der Waals surface area contributed by atoms with Crippen LogP contribution in [0, 0.1) is 11.6 Å². The van der Waals surface area contributed by atoms with Crippen molar-refractivity contribution >= 4 is 32.6 Å². The number of thiazole rings is 1. The van der Waals surface area contributed by atoms with Crippen LogP contribution in [0.25, 0.3) is 10.2 Å². The minimum absolute atomic E-state index is 0.0238. The van der Waals surface area contributed by atoms with E-state index in [-0.39, 0.29) is 5.56 Å². The molecule has 1 N–H and O–H groups in total. The lowest BCUT2D eigenvalue weighted by Gasteiger charge is -2.01. The Balaban J connectivity index is 1.85. The van der Waals surface area contributed by atoms with Gasteiger partial charge in [-0.3, -0.25) is 10.1 Å². The number of carbonyl (C=O) groups excluding carboxylic acids is 1. The van der Waals surface area contributed by atoms with Gasteiger partial charge in [0.1, 0.15) is 5.75 Å². The van der Waals surface area contributed by atoms with Crippen molar-refractivity contribution in [2.24, 2.45) is 0 Å². The number of nitrogens with one attached hydrogen (secondary N) is 1. The van der Waals surface area contributed by atoms with Gasteiger partial charge in [-0.15, -0.1) is 0 Å². The molecule has 3 aromatic rings. The van der Waals surface area contributed by atoms with E-state index in [0.717, 1.165) is 16.8 Å². The number of hydrogen-bond acceptors (Lipinski definition) is 4. The van der Waals surface area contributed by atoms with Gasteiger partial charge in [-0.1, -0.05) is 11.3 Å². The summed E-state index contributed by atoms with van der Waals surface area (Å²) in [6.45, 7) is 0. The molecule has 0 unspecified atom stereocenters. The third-order valence-electron chi connectivity index (χ3n) is 3.00. The predicted molar refractivity (Wildman–Crippen MR) is 80.5 cm³/mol. The molecule has 0 aliphatic heterocycles. The van der Waals surface area contributed by atoms with E-state index in [1.807, 2.05) is 0 Å². The van der Waals surface area contributed by atoms with Crippen LogP contribution in [0.5, 0.6) is 5.75 Å². The Morgan fingerprint density at radius 2 is 2.00 bits per heavy atom. The minimum atomic E-state index is -1.07. The lowest BCUT2D eigenvalue weighted by molar-refractivity contribution is 0.102. The van der Waals surface area contributed by atoms with Gasteiger partial charge in [0.15, 0.2) is 16.8 Å². The molecule has 112 valence electrons. The Kier molecular flexibility index (Phi) is 3.72. The molecule has 0 spiro atoms. The van der Waals surface area contributed by atoms with E-state index >= 15 is 0 Å². The van der Waals surface area contributed by atoms with E-state index in [4.69, 9.17) is 4.74 Å². The van der Waals surface area contributed by atoms with E-state index in [1.165, 1.54) is 17.4 Å².